The van der Waals surface area contributed by atoms with Crippen LogP contribution in [0.5, 0.6) is 5.75 Å². The minimum absolute atomic E-state index is 0.0281. The van der Waals surface area contributed by atoms with Gasteiger partial charge in [0.2, 0.25) is 20.0 Å². The minimum Gasteiger partial charge on any atom is -0.482 e. The Morgan fingerprint density at radius 3 is 2.31 bits per heavy atom. The Balaban J connectivity index is 1.44. The molecule has 13 heteroatoms. The fraction of sp³-hybridized carbons (Fsp3) is 0.435. The molecule has 3 rings (SSSR count). The number of halogens is 1. The van der Waals surface area contributed by atoms with E-state index in [9.17, 15) is 21.6 Å². The van der Waals surface area contributed by atoms with Crippen molar-refractivity contribution < 1.29 is 31.1 Å². The number of methoxy groups -OCH3 is 1. The fourth-order valence-electron chi connectivity index (χ4n) is 3.57. The molecule has 1 heterocycles. The third kappa shape index (κ3) is 7.64. The second-order valence-corrected chi connectivity index (χ2v) is 12.2. The predicted molar refractivity (Wildman–Crippen MR) is 135 cm³/mol. The Labute approximate surface area is 217 Å². The van der Waals surface area contributed by atoms with Crippen molar-refractivity contribution in [2.75, 3.05) is 46.5 Å². The van der Waals surface area contributed by atoms with Crippen molar-refractivity contribution in [3.63, 3.8) is 0 Å². The minimum atomic E-state index is -3.74. The zero-order valence-electron chi connectivity index (χ0n) is 19.9. The molecule has 36 heavy (non-hydrogen) atoms. The van der Waals surface area contributed by atoms with Gasteiger partial charge in [-0.25, -0.2) is 21.6 Å². The normalized spacial score (nSPS) is 14.6. The maximum atomic E-state index is 12.6. The molecule has 0 unspecified atom stereocenters. The number of nitrogens with zero attached hydrogens (tertiary/aromatic N) is 1. The number of ether oxygens (including phenoxy) is 2. The molecule has 0 spiro atoms. The van der Waals surface area contributed by atoms with Crippen LogP contribution in [0.25, 0.3) is 0 Å². The van der Waals surface area contributed by atoms with Crippen LogP contribution in [-0.2, 0) is 36.0 Å². The molecule has 0 aromatic heterocycles. The lowest BCUT2D eigenvalue weighted by molar-refractivity contribution is -0.123. The summed E-state index contributed by atoms with van der Waals surface area (Å²) < 4.78 is 63.8. The topological polar surface area (TPSA) is 131 Å². The first-order chi connectivity index (χ1) is 17.1. The van der Waals surface area contributed by atoms with Gasteiger partial charge in [0.05, 0.1) is 21.4 Å². The number of hydrogen-bond donors (Lipinski definition) is 2. The Morgan fingerprint density at radius 1 is 1.00 bits per heavy atom. The van der Waals surface area contributed by atoms with Crippen molar-refractivity contribution in [2.45, 2.75) is 29.1 Å². The molecule has 2 N–H and O–H groups in total. The zero-order valence-corrected chi connectivity index (χ0v) is 22.3. The molecule has 1 saturated heterocycles. The van der Waals surface area contributed by atoms with Crippen LogP contribution in [0, 0.1) is 0 Å². The molecule has 0 bridgehead atoms. The van der Waals surface area contributed by atoms with Gasteiger partial charge in [0.25, 0.3) is 5.91 Å². The number of carbonyl (C=O) groups excluding carboxylic acids is 1. The SMILES string of the molecule is COCCNS(=O)(=O)c1ccc(OCC(=O)NCCc2ccc(S(=O)(=O)N3CCCC3)cc2)c(Cl)c1. The van der Waals surface area contributed by atoms with Crippen molar-refractivity contribution in [3.05, 3.63) is 53.1 Å². The Hall–Kier alpha value is -2.22. The summed E-state index contributed by atoms with van der Waals surface area (Å²) in [6.45, 7) is 1.49. The van der Waals surface area contributed by atoms with E-state index in [4.69, 9.17) is 21.1 Å². The number of carbonyl (C=O) groups is 1. The van der Waals surface area contributed by atoms with Gasteiger partial charge in [-0.2, -0.15) is 4.31 Å². The zero-order chi connectivity index (χ0) is 26.2. The molecular formula is C23H30ClN3O7S2. The number of benzene rings is 2. The van der Waals surface area contributed by atoms with Crippen LogP contribution in [0.2, 0.25) is 5.02 Å². The van der Waals surface area contributed by atoms with E-state index in [0.29, 0.717) is 26.1 Å². The van der Waals surface area contributed by atoms with Crippen molar-refractivity contribution in [3.8, 4) is 5.75 Å². The molecule has 1 amide bonds. The second kappa shape index (κ2) is 12.8. The third-order valence-corrected chi connectivity index (χ3v) is 9.20. The first-order valence-corrected chi connectivity index (χ1v) is 14.7. The largest absolute Gasteiger partial charge is 0.482 e. The van der Waals surface area contributed by atoms with Gasteiger partial charge in [-0.15, -0.1) is 0 Å². The molecule has 198 valence electrons. The Bertz CT molecular complexity index is 1250. The van der Waals surface area contributed by atoms with Crippen LogP contribution in [0.15, 0.2) is 52.3 Å². The quantitative estimate of drug-likeness (QED) is 0.358. The number of rotatable bonds is 13. The molecule has 1 aliphatic heterocycles. The predicted octanol–water partition coefficient (Wildman–Crippen LogP) is 1.79. The fourth-order valence-corrected chi connectivity index (χ4v) is 6.43. The van der Waals surface area contributed by atoms with Crippen LogP contribution in [0.4, 0.5) is 0 Å². The first kappa shape index (κ1) is 28.4. The summed E-state index contributed by atoms with van der Waals surface area (Å²) in [5.74, 6) is -0.199. The average molecular weight is 560 g/mol. The van der Waals surface area contributed by atoms with E-state index in [0.717, 1.165) is 18.4 Å². The lowest BCUT2D eigenvalue weighted by Crippen LogP contribution is -2.30. The monoisotopic (exact) mass is 559 g/mol. The molecule has 2 aromatic rings. The van der Waals surface area contributed by atoms with E-state index in [1.807, 2.05) is 0 Å². The van der Waals surface area contributed by atoms with E-state index in [1.54, 1.807) is 24.3 Å². The van der Waals surface area contributed by atoms with Gasteiger partial charge in [0.1, 0.15) is 5.75 Å². The highest BCUT2D eigenvalue weighted by Crippen LogP contribution is 2.27. The summed E-state index contributed by atoms with van der Waals surface area (Å²) in [5.41, 5.74) is 0.885. The van der Waals surface area contributed by atoms with Crippen LogP contribution in [-0.4, -0.2) is 73.6 Å². The summed E-state index contributed by atoms with van der Waals surface area (Å²) in [6.07, 6.45) is 2.28. The van der Waals surface area contributed by atoms with E-state index < -0.39 is 20.0 Å². The van der Waals surface area contributed by atoms with Crippen LogP contribution < -0.4 is 14.8 Å². The number of nitrogens with one attached hydrogen (secondary N) is 2. The molecule has 1 aliphatic rings. The standard InChI is InChI=1S/C23H30ClN3O7S2/c1-33-15-12-26-35(29,30)20-8-9-22(21(24)16-20)34-17-23(28)25-11-10-18-4-6-19(7-5-18)36(31,32)27-13-2-3-14-27/h4-9,16,26H,2-3,10-15,17H2,1H3,(H,25,28). The summed E-state index contributed by atoms with van der Waals surface area (Å²) in [5, 5.41) is 2.78. The molecule has 1 fully saturated rings. The summed E-state index contributed by atoms with van der Waals surface area (Å²) in [6, 6.07) is 10.6. The molecule has 0 atom stereocenters. The van der Waals surface area contributed by atoms with Crippen LogP contribution >= 0.6 is 11.6 Å². The van der Waals surface area contributed by atoms with Crippen molar-refractivity contribution in [1.82, 2.24) is 14.3 Å². The average Bonchev–Trinajstić information content (AvgIpc) is 3.40. The second-order valence-electron chi connectivity index (χ2n) is 8.13. The van der Waals surface area contributed by atoms with E-state index in [2.05, 4.69) is 10.0 Å². The van der Waals surface area contributed by atoms with Crippen molar-refractivity contribution >= 4 is 37.6 Å². The lowest BCUT2D eigenvalue weighted by atomic mass is 10.1. The summed E-state index contributed by atoms with van der Waals surface area (Å²) in [4.78, 5) is 12.4. The van der Waals surface area contributed by atoms with Gasteiger partial charge in [-0.05, 0) is 55.2 Å². The van der Waals surface area contributed by atoms with Gasteiger partial charge >= 0.3 is 0 Å². The van der Waals surface area contributed by atoms with Gasteiger partial charge in [-0.1, -0.05) is 23.7 Å². The van der Waals surface area contributed by atoms with Gasteiger partial charge in [0, 0.05) is 33.3 Å². The maximum Gasteiger partial charge on any atom is 0.257 e. The van der Waals surface area contributed by atoms with E-state index in [-0.39, 0.29) is 46.2 Å². The number of amides is 1. The van der Waals surface area contributed by atoms with E-state index in [1.165, 1.54) is 29.6 Å². The van der Waals surface area contributed by atoms with Crippen LogP contribution in [0.3, 0.4) is 0 Å². The molecule has 0 aliphatic carbocycles. The Morgan fingerprint density at radius 2 is 1.67 bits per heavy atom. The third-order valence-electron chi connectivity index (χ3n) is 5.53. The summed E-state index contributed by atoms with van der Waals surface area (Å²) >= 11 is 6.13. The van der Waals surface area contributed by atoms with Gasteiger partial charge in [-0.3, -0.25) is 4.79 Å². The Kier molecular flexibility index (Phi) is 10.1. The number of sulfonamides is 2. The smallest absolute Gasteiger partial charge is 0.257 e. The first-order valence-electron chi connectivity index (χ1n) is 11.4. The molecule has 0 radical (unpaired) electrons. The van der Waals surface area contributed by atoms with E-state index >= 15 is 0 Å². The highest BCUT2D eigenvalue weighted by Gasteiger charge is 2.26. The maximum absolute atomic E-state index is 12.6. The summed E-state index contributed by atoms with van der Waals surface area (Å²) in [7, 11) is -5.72. The lowest BCUT2D eigenvalue weighted by Gasteiger charge is -2.15. The highest BCUT2D eigenvalue weighted by atomic mass is 35.5. The van der Waals surface area contributed by atoms with Crippen LogP contribution in [0.1, 0.15) is 18.4 Å². The molecule has 10 nitrogen and oxygen atoms in total. The van der Waals surface area contributed by atoms with Crippen molar-refractivity contribution in [1.29, 1.82) is 0 Å². The number of hydrogen-bond acceptors (Lipinski definition) is 7. The van der Waals surface area contributed by atoms with Gasteiger partial charge in [0.15, 0.2) is 6.61 Å². The molecule has 0 saturated carbocycles. The molecule has 2 aromatic carbocycles. The highest BCUT2D eigenvalue weighted by molar-refractivity contribution is 7.89. The van der Waals surface area contributed by atoms with Crippen molar-refractivity contribution in [2.24, 2.45) is 0 Å². The van der Waals surface area contributed by atoms with Gasteiger partial charge < -0.3 is 14.8 Å². The molecular weight excluding hydrogens is 530 g/mol.